The minimum Gasteiger partial charge on any atom is -0.490 e. The monoisotopic (exact) mass is 689 g/mol. The van der Waals surface area contributed by atoms with E-state index >= 15 is 0 Å². The van der Waals surface area contributed by atoms with Crippen LogP contribution in [0.15, 0.2) is 72.9 Å². The molecule has 4 aliphatic rings. The molecule has 3 aromatic rings. The highest BCUT2D eigenvalue weighted by molar-refractivity contribution is 7.90. The molecule has 8 nitrogen and oxygen atoms in total. The number of nitrogens with one attached hydrogen (secondary N) is 1. The third kappa shape index (κ3) is 5.81. The van der Waals surface area contributed by atoms with Crippen LogP contribution in [0.4, 0.5) is 5.69 Å². The summed E-state index contributed by atoms with van der Waals surface area (Å²) in [6, 6.07) is 17.4. The second-order valence-corrected chi connectivity index (χ2v) is 16.7. The molecule has 2 aromatic carbocycles. The summed E-state index contributed by atoms with van der Waals surface area (Å²) in [5.74, 6) is 0.191. The number of hydrogen-bond acceptors (Lipinski definition) is 7. The van der Waals surface area contributed by atoms with Crippen LogP contribution in [0.3, 0.4) is 0 Å². The van der Waals surface area contributed by atoms with E-state index in [-0.39, 0.29) is 28.7 Å². The van der Waals surface area contributed by atoms with Gasteiger partial charge in [-0.05, 0) is 111 Å². The maximum absolute atomic E-state index is 13.5. The van der Waals surface area contributed by atoms with Crippen LogP contribution < -0.4 is 14.4 Å². The van der Waals surface area contributed by atoms with Crippen molar-refractivity contribution in [1.82, 2.24) is 9.71 Å². The number of ether oxygens (including phenoxy) is 2. The Morgan fingerprint density at radius 1 is 1.10 bits per heavy atom. The summed E-state index contributed by atoms with van der Waals surface area (Å²) in [4.78, 5) is 20.7. The predicted octanol–water partition coefficient (Wildman–Crippen LogP) is 6.82. The molecule has 1 amide bonds. The number of nitrogens with zero attached hydrogens (tertiary/aromatic N) is 2. The number of aryl methyl sites for hydroxylation is 1. The van der Waals surface area contributed by atoms with Crippen LogP contribution in [0.1, 0.15) is 73.1 Å². The van der Waals surface area contributed by atoms with Crippen LogP contribution >= 0.6 is 11.6 Å². The summed E-state index contributed by atoms with van der Waals surface area (Å²) in [5, 5.41) is -0.0682. The lowest BCUT2D eigenvalue weighted by atomic mass is 9.62. The van der Waals surface area contributed by atoms with E-state index in [9.17, 15) is 13.2 Å². The van der Waals surface area contributed by atoms with E-state index in [1.165, 1.54) is 11.1 Å². The molecule has 3 heterocycles. The second-order valence-electron chi connectivity index (χ2n) is 14.2. The molecule has 254 valence electrons. The second kappa shape index (κ2) is 12.8. The smallest absolute Gasteiger partial charge is 0.264 e. The zero-order valence-corrected chi connectivity index (χ0v) is 29.4. The van der Waals surface area contributed by atoms with Gasteiger partial charge in [-0.2, -0.15) is 0 Å². The molecule has 0 saturated heterocycles. The van der Waals surface area contributed by atoms with E-state index in [0.29, 0.717) is 31.9 Å². The first-order chi connectivity index (χ1) is 23.0. The molecular weight excluding hydrogens is 646 g/mol. The SMILES string of the molecule is CO[C@@]1(c2ccccn2)/C=C/C[C@H](C)[C@@H](C)S(=O)(=O)NC(=O)c2ccc3c(c2)N(C[C@@H]2CC[C@H]21)CC1(CCCc2cc(Cl)ccc21)CO3. The number of methoxy groups -OCH3 is 1. The fraction of sp³-hybridized carbons (Fsp3) is 0.474. The molecule has 7 rings (SSSR count). The molecule has 48 heavy (non-hydrogen) atoms. The number of carbonyl (C=O) groups is 1. The molecule has 1 aromatic heterocycles. The Bertz CT molecular complexity index is 1830. The number of pyridine rings is 1. The molecular formula is C38H44ClN3O5S. The third-order valence-corrected chi connectivity index (χ3v) is 13.7. The van der Waals surface area contributed by atoms with Gasteiger partial charge >= 0.3 is 0 Å². The van der Waals surface area contributed by atoms with E-state index < -0.39 is 26.8 Å². The van der Waals surface area contributed by atoms with Crippen LogP contribution in [0, 0.1) is 17.8 Å². The van der Waals surface area contributed by atoms with Gasteiger partial charge in [-0.3, -0.25) is 9.78 Å². The zero-order valence-electron chi connectivity index (χ0n) is 27.8. The number of benzene rings is 2. The van der Waals surface area contributed by atoms with Crippen LogP contribution in [-0.4, -0.2) is 51.4 Å². The lowest BCUT2D eigenvalue weighted by Crippen LogP contribution is -2.52. The first-order valence-electron chi connectivity index (χ1n) is 17.1. The zero-order chi connectivity index (χ0) is 33.7. The van der Waals surface area contributed by atoms with Crippen molar-refractivity contribution in [3.05, 3.63) is 100 Å². The Labute approximate surface area is 288 Å². The molecule has 0 radical (unpaired) electrons. The number of amides is 1. The number of allylic oxidation sites excluding steroid dienone is 1. The maximum atomic E-state index is 13.5. The Hall–Kier alpha value is -3.40. The molecule has 2 aliphatic heterocycles. The molecule has 2 aliphatic carbocycles. The number of hydrogen-bond donors (Lipinski definition) is 1. The van der Waals surface area contributed by atoms with Gasteiger partial charge in [-0.25, -0.2) is 13.1 Å². The average Bonchev–Trinajstić information content (AvgIpc) is 3.22. The van der Waals surface area contributed by atoms with Gasteiger partial charge in [0.25, 0.3) is 5.91 Å². The Balaban J connectivity index is 1.36. The fourth-order valence-corrected chi connectivity index (χ4v) is 9.92. The van der Waals surface area contributed by atoms with E-state index in [1.54, 1.807) is 32.4 Å². The highest BCUT2D eigenvalue weighted by atomic mass is 35.5. The number of anilines is 1. The molecule has 2 bridgehead atoms. The van der Waals surface area contributed by atoms with E-state index in [2.05, 4.69) is 27.8 Å². The van der Waals surface area contributed by atoms with Gasteiger partial charge < -0.3 is 14.4 Å². The molecule has 1 spiro atoms. The fourth-order valence-electron chi connectivity index (χ4n) is 8.44. The van der Waals surface area contributed by atoms with E-state index in [0.717, 1.165) is 48.5 Å². The first kappa shape index (κ1) is 33.1. The standard InChI is InChI=1S/C38H44ClN3O5S/c1-25-8-6-18-38(46-3,35-10-4-5-19-40-35)32-14-11-29(32)22-42-23-37(17-7-9-27-20-30(39)13-15-31(27)37)24-47-34-16-12-28(21-33(34)42)36(43)41-48(44,45)26(25)2/h4-6,10,12-13,15-16,18-21,25-26,29,32H,7-9,11,14,17,22-24H2,1-3H3,(H,41,43)/b18-6+/t25-,26+,29-,32+,37?,38-/m0/s1. The van der Waals surface area contributed by atoms with Gasteiger partial charge in [0, 0.05) is 48.3 Å². The van der Waals surface area contributed by atoms with Crippen molar-refractivity contribution in [3.8, 4) is 5.75 Å². The summed E-state index contributed by atoms with van der Waals surface area (Å²) in [5.41, 5.74) is 3.38. The van der Waals surface area contributed by atoms with Crippen molar-refractivity contribution in [2.24, 2.45) is 17.8 Å². The summed E-state index contributed by atoms with van der Waals surface area (Å²) < 4.78 is 42.5. The van der Waals surface area contributed by atoms with Crippen molar-refractivity contribution in [2.75, 3.05) is 31.7 Å². The van der Waals surface area contributed by atoms with Gasteiger partial charge in [-0.1, -0.05) is 42.8 Å². The van der Waals surface area contributed by atoms with Crippen molar-refractivity contribution >= 4 is 33.2 Å². The van der Waals surface area contributed by atoms with Gasteiger partial charge in [0.05, 0.1) is 23.2 Å². The van der Waals surface area contributed by atoms with Crippen LogP contribution in [0.25, 0.3) is 0 Å². The summed E-state index contributed by atoms with van der Waals surface area (Å²) >= 11 is 6.46. The van der Waals surface area contributed by atoms with Crippen molar-refractivity contribution in [2.45, 2.75) is 68.6 Å². The normalized spacial score (nSPS) is 32.1. The molecule has 1 fully saturated rings. The van der Waals surface area contributed by atoms with Crippen LogP contribution in [0.2, 0.25) is 5.02 Å². The largest absolute Gasteiger partial charge is 0.490 e. The van der Waals surface area contributed by atoms with Gasteiger partial charge in [-0.15, -0.1) is 0 Å². The summed E-state index contributed by atoms with van der Waals surface area (Å²) in [7, 11) is -2.22. The highest BCUT2D eigenvalue weighted by Gasteiger charge is 2.50. The van der Waals surface area contributed by atoms with Crippen LogP contribution in [0.5, 0.6) is 5.75 Å². The molecule has 1 saturated carbocycles. The number of fused-ring (bicyclic) bond motifs is 4. The molecule has 6 atom stereocenters. The average molecular weight is 690 g/mol. The van der Waals surface area contributed by atoms with E-state index in [1.807, 2.05) is 43.3 Å². The van der Waals surface area contributed by atoms with E-state index in [4.69, 9.17) is 26.1 Å². The predicted molar refractivity (Wildman–Crippen MR) is 188 cm³/mol. The van der Waals surface area contributed by atoms with Crippen LogP contribution in [-0.2, 0) is 32.2 Å². The van der Waals surface area contributed by atoms with Gasteiger partial charge in [0.1, 0.15) is 11.4 Å². The third-order valence-electron chi connectivity index (χ3n) is 11.5. The quantitative estimate of drug-likeness (QED) is 0.295. The van der Waals surface area contributed by atoms with Gasteiger partial charge in [0.15, 0.2) is 0 Å². The van der Waals surface area contributed by atoms with Crippen molar-refractivity contribution < 1.29 is 22.7 Å². The lowest BCUT2D eigenvalue weighted by Gasteiger charge is -2.50. The van der Waals surface area contributed by atoms with Crippen molar-refractivity contribution in [3.63, 3.8) is 0 Å². The first-order valence-corrected chi connectivity index (χ1v) is 19.0. The Kier molecular flexibility index (Phi) is 8.84. The van der Waals surface area contributed by atoms with Gasteiger partial charge in [0.2, 0.25) is 10.0 Å². The number of sulfonamides is 1. The lowest BCUT2D eigenvalue weighted by molar-refractivity contribution is -0.0831. The number of rotatable bonds is 2. The number of halogens is 1. The Morgan fingerprint density at radius 2 is 1.96 bits per heavy atom. The number of carbonyl (C=O) groups excluding carboxylic acids is 1. The summed E-state index contributed by atoms with van der Waals surface area (Å²) in [6.45, 7) is 5.45. The minimum absolute atomic E-state index is 0.130. The topological polar surface area (TPSA) is 97.8 Å². The minimum atomic E-state index is -3.96. The molecule has 10 heteroatoms. The highest BCUT2D eigenvalue weighted by Crippen LogP contribution is 2.51. The maximum Gasteiger partial charge on any atom is 0.264 e. The van der Waals surface area contributed by atoms with Crippen molar-refractivity contribution in [1.29, 1.82) is 0 Å². The Morgan fingerprint density at radius 3 is 2.71 bits per heavy atom. The summed E-state index contributed by atoms with van der Waals surface area (Å²) in [6.07, 6.45) is 11.4. The number of aromatic nitrogens is 1. The molecule has 1 N–H and O–H groups in total. The molecule has 1 unspecified atom stereocenters.